The number of amides is 1. The first-order valence-corrected chi connectivity index (χ1v) is 9.15. The summed E-state index contributed by atoms with van der Waals surface area (Å²) in [7, 11) is -5.35. The molecule has 1 aromatic rings. The number of alkyl halides is 3. The maximum absolute atomic E-state index is 12.7. The van der Waals surface area contributed by atoms with Crippen LogP contribution in [0, 0.1) is 11.8 Å². The van der Waals surface area contributed by atoms with Gasteiger partial charge in [0.15, 0.2) is 0 Å². The number of nitrogens with zero attached hydrogens (tertiary/aromatic N) is 1. The summed E-state index contributed by atoms with van der Waals surface area (Å²) in [6.07, 6.45) is -0.573. The van der Waals surface area contributed by atoms with Gasteiger partial charge in [-0.15, -0.1) is 0 Å². The molecule has 3 atom stereocenters. The van der Waals surface area contributed by atoms with Gasteiger partial charge in [0.1, 0.15) is 0 Å². The third kappa shape index (κ3) is 3.51. The lowest BCUT2D eigenvalue weighted by Gasteiger charge is -2.20. The van der Waals surface area contributed by atoms with Crippen molar-refractivity contribution in [3.63, 3.8) is 0 Å². The van der Waals surface area contributed by atoms with Crippen LogP contribution in [0.5, 0.6) is 0 Å². The Hall–Kier alpha value is -1.65. The Balaban J connectivity index is 1.60. The number of carbonyl (C=O) groups excluding carboxylic acids is 1. The number of sulfonamides is 1. The fourth-order valence-electron chi connectivity index (χ4n) is 3.23. The zero-order chi connectivity index (χ0) is 18.2. The lowest BCUT2D eigenvalue weighted by molar-refractivity contribution is -0.0488. The second-order valence-corrected chi connectivity index (χ2v) is 8.07. The van der Waals surface area contributed by atoms with Crippen molar-refractivity contribution in [2.75, 3.05) is 26.2 Å². The SMILES string of the molecule is O=C(NC[C@H]1CO[C@@H]2CN(S(=O)(=O)C(F)(F)F)C[C@H]12)c1ccccc1. The smallest absolute Gasteiger partial charge is 0.376 e. The summed E-state index contributed by atoms with van der Waals surface area (Å²) in [6.45, 7) is -0.0624. The Morgan fingerprint density at radius 3 is 2.56 bits per heavy atom. The zero-order valence-electron chi connectivity index (χ0n) is 13.1. The highest BCUT2D eigenvalue weighted by atomic mass is 32.2. The van der Waals surface area contributed by atoms with Gasteiger partial charge in [0, 0.05) is 37.0 Å². The van der Waals surface area contributed by atoms with Crippen LogP contribution in [0.25, 0.3) is 0 Å². The Kier molecular flexibility index (Phi) is 4.78. The normalized spacial score (nSPS) is 27.2. The van der Waals surface area contributed by atoms with Crippen molar-refractivity contribution in [1.29, 1.82) is 0 Å². The molecule has 3 rings (SSSR count). The second-order valence-electron chi connectivity index (χ2n) is 6.14. The second kappa shape index (κ2) is 6.58. The number of benzene rings is 1. The predicted molar refractivity (Wildman–Crippen MR) is 82.0 cm³/mol. The molecule has 0 bridgehead atoms. The number of hydrogen-bond acceptors (Lipinski definition) is 4. The third-order valence-electron chi connectivity index (χ3n) is 4.60. The number of rotatable bonds is 4. The minimum absolute atomic E-state index is 0.217. The van der Waals surface area contributed by atoms with Gasteiger partial charge in [0.2, 0.25) is 0 Å². The highest BCUT2D eigenvalue weighted by Crippen LogP contribution is 2.38. The average molecular weight is 378 g/mol. The molecule has 1 N–H and O–H groups in total. The topological polar surface area (TPSA) is 75.7 Å². The van der Waals surface area contributed by atoms with Crippen molar-refractivity contribution in [2.45, 2.75) is 11.6 Å². The summed E-state index contributed by atoms with van der Waals surface area (Å²) < 4.78 is 66.9. The van der Waals surface area contributed by atoms with Gasteiger partial charge in [0.25, 0.3) is 5.91 Å². The van der Waals surface area contributed by atoms with Gasteiger partial charge in [-0.2, -0.15) is 17.5 Å². The minimum atomic E-state index is -5.35. The van der Waals surface area contributed by atoms with E-state index in [1.807, 2.05) is 0 Å². The number of fused-ring (bicyclic) bond motifs is 1. The van der Waals surface area contributed by atoms with Crippen LogP contribution in [0.15, 0.2) is 30.3 Å². The maximum atomic E-state index is 12.7. The number of carbonyl (C=O) groups is 1. The van der Waals surface area contributed by atoms with E-state index in [9.17, 15) is 26.4 Å². The molecule has 0 radical (unpaired) electrons. The molecule has 2 heterocycles. The number of halogens is 3. The van der Waals surface area contributed by atoms with Gasteiger partial charge in [-0.3, -0.25) is 4.79 Å². The summed E-state index contributed by atoms with van der Waals surface area (Å²) in [5, 5.41) is 2.73. The zero-order valence-corrected chi connectivity index (χ0v) is 13.9. The predicted octanol–water partition coefficient (Wildman–Crippen LogP) is 1.21. The van der Waals surface area contributed by atoms with Gasteiger partial charge >= 0.3 is 15.5 Å². The molecular formula is C15H17F3N2O4S. The van der Waals surface area contributed by atoms with Crippen molar-refractivity contribution in [3.05, 3.63) is 35.9 Å². The molecule has 138 valence electrons. The first kappa shape index (κ1) is 18.2. The van der Waals surface area contributed by atoms with E-state index in [1.165, 1.54) is 0 Å². The van der Waals surface area contributed by atoms with E-state index in [0.717, 1.165) is 0 Å². The molecule has 6 nitrogen and oxygen atoms in total. The van der Waals surface area contributed by atoms with Crippen molar-refractivity contribution in [3.8, 4) is 0 Å². The molecule has 10 heteroatoms. The number of hydrogen-bond donors (Lipinski definition) is 1. The Morgan fingerprint density at radius 1 is 1.24 bits per heavy atom. The summed E-state index contributed by atoms with van der Waals surface area (Å²) in [6, 6.07) is 8.52. The molecule has 0 saturated carbocycles. The van der Waals surface area contributed by atoms with Crippen molar-refractivity contribution in [1.82, 2.24) is 9.62 Å². The van der Waals surface area contributed by atoms with Gasteiger partial charge in [-0.1, -0.05) is 18.2 Å². The fraction of sp³-hybridized carbons (Fsp3) is 0.533. The summed E-state index contributed by atoms with van der Waals surface area (Å²) in [4.78, 5) is 12.0. The van der Waals surface area contributed by atoms with Gasteiger partial charge in [0.05, 0.1) is 12.7 Å². The van der Waals surface area contributed by atoms with Crippen LogP contribution >= 0.6 is 0 Å². The van der Waals surface area contributed by atoms with Crippen LogP contribution in [0.1, 0.15) is 10.4 Å². The van der Waals surface area contributed by atoms with Crippen LogP contribution in [0.3, 0.4) is 0 Å². The van der Waals surface area contributed by atoms with Crippen LogP contribution in [-0.2, 0) is 14.8 Å². The standard InChI is InChI=1S/C15H17F3N2O4S/c16-15(17,18)25(22,23)20-7-12-11(9-24-13(12)8-20)6-19-14(21)10-4-2-1-3-5-10/h1-5,11-13H,6-9H2,(H,19,21)/t11-,12+,13+/m0/s1. The molecule has 0 unspecified atom stereocenters. The van der Waals surface area contributed by atoms with Crippen molar-refractivity contribution >= 4 is 15.9 Å². The lowest BCUT2D eigenvalue weighted by atomic mass is 9.93. The fourth-order valence-corrected chi connectivity index (χ4v) is 4.24. The first-order valence-electron chi connectivity index (χ1n) is 7.71. The summed E-state index contributed by atoms with van der Waals surface area (Å²) in [5.41, 5.74) is -4.84. The molecule has 2 aliphatic heterocycles. The molecule has 1 aromatic carbocycles. The van der Waals surface area contributed by atoms with E-state index in [0.29, 0.717) is 9.87 Å². The minimum Gasteiger partial charge on any atom is -0.376 e. The first-order chi connectivity index (χ1) is 11.7. The summed E-state index contributed by atoms with van der Waals surface area (Å²) >= 11 is 0. The van der Waals surface area contributed by atoms with Gasteiger partial charge in [-0.05, 0) is 12.1 Å². The molecule has 25 heavy (non-hydrogen) atoms. The lowest BCUT2D eigenvalue weighted by Crippen LogP contribution is -2.41. The summed E-state index contributed by atoms with van der Waals surface area (Å²) in [5.74, 6) is -0.888. The Bertz CT molecular complexity index is 739. The highest BCUT2D eigenvalue weighted by Gasteiger charge is 2.55. The van der Waals surface area contributed by atoms with E-state index in [-0.39, 0.29) is 44.0 Å². The molecular weight excluding hydrogens is 361 g/mol. The Morgan fingerprint density at radius 2 is 1.92 bits per heavy atom. The van der Waals surface area contributed by atoms with E-state index < -0.39 is 21.6 Å². The van der Waals surface area contributed by atoms with E-state index >= 15 is 0 Å². The van der Waals surface area contributed by atoms with Crippen molar-refractivity contribution < 1.29 is 31.1 Å². The van der Waals surface area contributed by atoms with Crippen LogP contribution < -0.4 is 5.32 Å². The molecule has 0 aromatic heterocycles. The molecule has 2 saturated heterocycles. The van der Waals surface area contributed by atoms with Crippen LogP contribution in [-0.4, -0.2) is 56.5 Å². The van der Waals surface area contributed by atoms with Crippen LogP contribution in [0.2, 0.25) is 0 Å². The molecule has 1 amide bonds. The number of ether oxygens (including phenoxy) is 1. The highest BCUT2D eigenvalue weighted by molar-refractivity contribution is 7.90. The number of nitrogens with one attached hydrogen (secondary N) is 1. The van der Waals surface area contributed by atoms with E-state index in [2.05, 4.69) is 5.32 Å². The quantitative estimate of drug-likeness (QED) is 0.855. The third-order valence-corrected chi connectivity index (χ3v) is 6.16. The monoisotopic (exact) mass is 378 g/mol. The van der Waals surface area contributed by atoms with Crippen LogP contribution in [0.4, 0.5) is 13.2 Å². The van der Waals surface area contributed by atoms with Gasteiger partial charge in [-0.25, -0.2) is 8.42 Å². The Labute approximate surface area is 143 Å². The molecule has 0 spiro atoms. The molecule has 2 fully saturated rings. The molecule has 2 aliphatic rings. The van der Waals surface area contributed by atoms with Crippen molar-refractivity contribution in [2.24, 2.45) is 11.8 Å². The van der Waals surface area contributed by atoms with E-state index in [1.54, 1.807) is 30.3 Å². The van der Waals surface area contributed by atoms with E-state index in [4.69, 9.17) is 4.74 Å². The average Bonchev–Trinajstić information content (AvgIpc) is 3.13. The molecule has 0 aliphatic carbocycles. The van der Waals surface area contributed by atoms with Gasteiger partial charge < -0.3 is 10.1 Å². The largest absolute Gasteiger partial charge is 0.511 e. The maximum Gasteiger partial charge on any atom is 0.511 e.